The average molecular weight is 337 g/mol. The topological polar surface area (TPSA) is 63.7 Å². The summed E-state index contributed by atoms with van der Waals surface area (Å²) in [5, 5.41) is -0.442. The number of likely N-dealkylation sites (tertiary alicyclic amines) is 1. The minimum atomic E-state index is -3.33. The van der Waals surface area contributed by atoms with Crippen molar-refractivity contribution in [1.82, 2.24) is 4.90 Å². The molecule has 2 atom stereocenters. The number of amides is 1. The molecular weight excluding hydrogens is 314 g/mol. The Kier molecular flexibility index (Phi) is 4.73. The lowest BCUT2D eigenvalue weighted by Crippen LogP contribution is -2.56. The molecule has 6 heteroatoms. The molecule has 126 valence electrons. The fraction of sp³-hybridized carbons (Fsp3) is 0.588. The van der Waals surface area contributed by atoms with Crippen LogP contribution < -0.4 is 0 Å². The van der Waals surface area contributed by atoms with Gasteiger partial charge in [-0.3, -0.25) is 4.79 Å². The van der Waals surface area contributed by atoms with Crippen LogP contribution in [0.1, 0.15) is 26.2 Å². The van der Waals surface area contributed by atoms with Gasteiger partial charge in [-0.1, -0.05) is 18.2 Å². The van der Waals surface area contributed by atoms with Crippen LogP contribution in [0.3, 0.4) is 0 Å². The second kappa shape index (κ2) is 6.61. The number of sulfone groups is 1. The van der Waals surface area contributed by atoms with E-state index in [-0.39, 0.29) is 17.9 Å². The van der Waals surface area contributed by atoms with E-state index in [0.717, 1.165) is 0 Å². The Morgan fingerprint density at radius 3 is 2.57 bits per heavy atom. The van der Waals surface area contributed by atoms with Crippen LogP contribution >= 0.6 is 0 Å². The van der Waals surface area contributed by atoms with Crippen LogP contribution in [0.2, 0.25) is 0 Å². The summed E-state index contributed by atoms with van der Waals surface area (Å²) in [6.07, 6.45) is 1.81. The Morgan fingerprint density at radius 2 is 1.91 bits per heavy atom. The van der Waals surface area contributed by atoms with Crippen molar-refractivity contribution in [2.45, 2.75) is 42.4 Å². The van der Waals surface area contributed by atoms with Gasteiger partial charge in [-0.05, 0) is 38.3 Å². The number of carbonyl (C=O) groups is 1. The third-order valence-corrected chi connectivity index (χ3v) is 7.04. The maximum Gasteiger partial charge on any atom is 0.225 e. The van der Waals surface area contributed by atoms with Gasteiger partial charge in [0, 0.05) is 25.6 Å². The van der Waals surface area contributed by atoms with Crippen molar-refractivity contribution in [2.24, 2.45) is 5.92 Å². The molecule has 2 aliphatic rings. The van der Waals surface area contributed by atoms with Gasteiger partial charge in [0.2, 0.25) is 5.91 Å². The molecule has 0 aromatic heterocycles. The molecular formula is C17H23NO4S. The monoisotopic (exact) mass is 337 g/mol. The summed E-state index contributed by atoms with van der Waals surface area (Å²) in [5.74, 6) is -0.0761. The van der Waals surface area contributed by atoms with Crippen molar-refractivity contribution in [3.05, 3.63) is 30.3 Å². The lowest BCUT2D eigenvalue weighted by molar-refractivity contribution is -0.148. The van der Waals surface area contributed by atoms with Gasteiger partial charge in [-0.2, -0.15) is 0 Å². The summed E-state index contributed by atoms with van der Waals surface area (Å²) in [6.45, 7) is 3.88. The van der Waals surface area contributed by atoms with Gasteiger partial charge in [0.25, 0.3) is 0 Å². The van der Waals surface area contributed by atoms with Gasteiger partial charge in [0.05, 0.1) is 16.2 Å². The van der Waals surface area contributed by atoms with E-state index in [2.05, 4.69) is 0 Å². The molecule has 5 nitrogen and oxygen atoms in total. The fourth-order valence-corrected chi connectivity index (χ4v) is 5.32. The second-order valence-corrected chi connectivity index (χ2v) is 8.54. The SMILES string of the molecule is CCOC1CN(C(=O)[C@@H]2CC[C@@H](S(=O)(=O)c3ccccc3)C2)C1. The fourth-order valence-electron chi connectivity index (χ4n) is 3.47. The summed E-state index contributed by atoms with van der Waals surface area (Å²) in [6, 6.07) is 8.54. The van der Waals surface area contributed by atoms with Gasteiger partial charge >= 0.3 is 0 Å². The molecule has 0 spiro atoms. The molecule has 1 aliphatic heterocycles. The third kappa shape index (κ3) is 3.28. The van der Waals surface area contributed by atoms with Crippen molar-refractivity contribution < 1.29 is 17.9 Å². The molecule has 0 radical (unpaired) electrons. The maximum atomic E-state index is 12.6. The average Bonchev–Trinajstić information content (AvgIpc) is 3.01. The van der Waals surface area contributed by atoms with E-state index in [1.807, 2.05) is 6.92 Å². The molecule has 1 aliphatic carbocycles. The Bertz CT molecular complexity index is 652. The van der Waals surface area contributed by atoms with Crippen molar-refractivity contribution in [1.29, 1.82) is 0 Å². The number of nitrogens with zero attached hydrogens (tertiary/aromatic N) is 1. The predicted octanol–water partition coefficient (Wildman–Crippen LogP) is 1.88. The maximum absolute atomic E-state index is 12.6. The summed E-state index contributed by atoms with van der Waals surface area (Å²) in [7, 11) is -3.33. The van der Waals surface area contributed by atoms with Crippen molar-refractivity contribution in [3.63, 3.8) is 0 Å². The number of ether oxygens (including phenoxy) is 1. The standard InChI is InChI=1S/C17H23NO4S/c1-2-22-14-11-18(12-14)17(19)13-8-9-16(10-13)23(20,21)15-6-4-3-5-7-15/h3-7,13-14,16H,2,8-12H2,1H3/t13-,16-/m1/s1. The molecule has 2 fully saturated rings. The third-order valence-electron chi connectivity index (χ3n) is 4.81. The smallest absolute Gasteiger partial charge is 0.225 e. The predicted molar refractivity (Wildman–Crippen MR) is 86.8 cm³/mol. The molecule has 1 aromatic carbocycles. The van der Waals surface area contributed by atoms with Gasteiger partial charge in [0.15, 0.2) is 9.84 Å². The summed E-state index contributed by atoms with van der Waals surface area (Å²) in [4.78, 5) is 14.6. The second-order valence-electron chi connectivity index (χ2n) is 6.31. The normalized spacial score (nSPS) is 25.3. The Balaban J connectivity index is 1.60. The van der Waals surface area contributed by atoms with E-state index in [1.165, 1.54) is 0 Å². The van der Waals surface area contributed by atoms with E-state index >= 15 is 0 Å². The molecule has 1 heterocycles. The largest absolute Gasteiger partial charge is 0.375 e. The highest BCUT2D eigenvalue weighted by molar-refractivity contribution is 7.92. The van der Waals surface area contributed by atoms with Crippen molar-refractivity contribution in [3.8, 4) is 0 Å². The zero-order chi connectivity index (χ0) is 16.4. The highest BCUT2D eigenvalue weighted by Gasteiger charge is 2.42. The number of carbonyl (C=O) groups excluding carboxylic acids is 1. The zero-order valence-electron chi connectivity index (χ0n) is 13.3. The Morgan fingerprint density at radius 1 is 1.22 bits per heavy atom. The van der Waals surface area contributed by atoms with E-state index < -0.39 is 15.1 Å². The molecule has 23 heavy (non-hydrogen) atoms. The number of benzene rings is 1. The van der Waals surface area contributed by atoms with Crippen LogP contribution in [-0.2, 0) is 19.4 Å². The quantitative estimate of drug-likeness (QED) is 0.823. The molecule has 0 bridgehead atoms. The van der Waals surface area contributed by atoms with E-state index in [9.17, 15) is 13.2 Å². The first-order valence-electron chi connectivity index (χ1n) is 8.21. The minimum Gasteiger partial charge on any atom is -0.375 e. The molecule has 1 amide bonds. The highest BCUT2D eigenvalue weighted by atomic mass is 32.2. The lowest BCUT2D eigenvalue weighted by Gasteiger charge is -2.40. The molecule has 3 rings (SSSR count). The van der Waals surface area contributed by atoms with Crippen LogP contribution in [0.5, 0.6) is 0 Å². The molecule has 0 unspecified atom stereocenters. The van der Waals surface area contributed by atoms with Crippen molar-refractivity contribution in [2.75, 3.05) is 19.7 Å². The van der Waals surface area contributed by atoms with Gasteiger partial charge in [-0.15, -0.1) is 0 Å². The van der Waals surface area contributed by atoms with Crippen molar-refractivity contribution >= 4 is 15.7 Å². The first-order chi connectivity index (χ1) is 11.0. The zero-order valence-corrected chi connectivity index (χ0v) is 14.2. The van der Waals surface area contributed by atoms with Gasteiger partial charge in [0.1, 0.15) is 0 Å². The number of hydrogen-bond acceptors (Lipinski definition) is 4. The molecule has 1 saturated carbocycles. The van der Waals surface area contributed by atoms with E-state index in [1.54, 1.807) is 35.2 Å². The lowest BCUT2D eigenvalue weighted by atomic mass is 10.0. The summed E-state index contributed by atoms with van der Waals surface area (Å²) >= 11 is 0. The van der Waals surface area contributed by atoms with Crippen LogP contribution in [-0.4, -0.2) is 50.3 Å². The van der Waals surface area contributed by atoms with E-state index in [4.69, 9.17) is 4.74 Å². The summed E-state index contributed by atoms with van der Waals surface area (Å²) < 4.78 is 30.8. The Hall–Kier alpha value is -1.40. The minimum absolute atomic E-state index is 0.0896. The molecule has 1 aromatic rings. The van der Waals surface area contributed by atoms with Crippen LogP contribution in [0.15, 0.2) is 35.2 Å². The number of hydrogen-bond donors (Lipinski definition) is 0. The first-order valence-corrected chi connectivity index (χ1v) is 9.76. The molecule has 1 saturated heterocycles. The van der Waals surface area contributed by atoms with Crippen LogP contribution in [0.25, 0.3) is 0 Å². The number of rotatable bonds is 5. The first kappa shape index (κ1) is 16.5. The van der Waals surface area contributed by atoms with Crippen LogP contribution in [0.4, 0.5) is 0 Å². The van der Waals surface area contributed by atoms with Crippen LogP contribution in [0, 0.1) is 5.92 Å². The molecule has 0 N–H and O–H groups in total. The van der Waals surface area contributed by atoms with E-state index in [0.29, 0.717) is 43.9 Å². The van der Waals surface area contributed by atoms with Gasteiger partial charge in [-0.25, -0.2) is 8.42 Å². The highest BCUT2D eigenvalue weighted by Crippen LogP contribution is 2.35. The van der Waals surface area contributed by atoms with Gasteiger partial charge < -0.3 is 9.64 Å². The summed E-state index contributed by atoms with van der Waals surface area (Å²) in [5.41, 5.74) is 0. The Labute approximate surface area is 137 Å².